The van der Waals surface area contributed by atoms with Crippen molar-refractivity contribution < 1.29 is 0 Å². The molecule has 0 unspecified atom stereocenters. The lowest BCUT2D eigenvalue weighted by atomic mass is 9.98. The van der Waals surface area contributed by atoms with Crippen LogP contribution in [0.15, 0.2) is 176 Å². The number of allylic oxidation sites excluding steroid dienone is 1. The highest BCUT2D eigenvalue weighted by Gasteiger charge is 2.25. The molecule has 236 valence electrons. The fourth-order valence-corrected chi connectivity index (χ4v) is 8.16. The second-order valence-corrected chi connectivity index (χ2v) is 13.2. The Hall–Kier alpha value is -6.38. The van der Waals surface area contributed by atoms with E-state index < -0.39 is 0 Å². The molecule has 9 aromatic rings. The molecule has 7 aromatic carbocycles. The molecule has 2 heterocycles. The third kappa shape index (κ3) is 4.49. The van der Waals surface area contributed by atoms with Gasteiger partial charge in [0.05, 0.1) is 22.2 Å². The average molecular weight is 639 g/mol. The van der Waals surface area contributed by atoms with Crippen molar-refractivity contribution in [3.8, 4) is 44.8 Å². The van der Waals surface area contributed by atoms with Gasteiger partial charge in [0, 0.05) is 38.7 Å². The van der Waals surface area contributed by atoms with Crippen LogP contribution < -0.4 is 0 Å². The quantitative estimate of drug-likeness (QED) is 0.178. The lowest BCUT2D eigenvalue weighted by Crippen LogP contribution is -2.04. The van der Waals surface area contributed by atoms with E-state index in [1.807, 2.05) is 0 Å². The first-order chi connectivity index (χ1) is 24.8. The van der Waals surface area contributed by atoms with E-state index in [0.29, 0.717) is 0 Å². The number of nitrogens with zero attached hydrogens (tertiary/aromatic N) is 2. The highest BCUT2D eigenvalue weighted by Crippen LogP contribution is 2.44. The molecule has 2 heteroatoms. The van der Waals surface area contributed by atoms with E-state index in [0.717, 1.165) is 12.8 Å². The molecule has 0 fully saturated rings. The normalized spacial score (nSPS) is 12.6. The maximum Gasteiger partial charge on any atom is 0.0548 e. The zero-order chi connectivity index (χ0) is 33.0. The Bertz CT molecular complexity index is 2730. The molecule has 0 radical (unpaired) electrons. The number of benzene rings is 7. The standard InChI is InChI=1S/C48H34N2/c1-3-14-33(15-4-1)35-26-28-36(29-27-35)39-20-7-10-23-42(39)50-44-25-12-9-22-41(44)48-46(50)31-30-45-47(48)40-21-8-11-24-43(40)49(45)38-19-13-18-37(32-38)34-16-5-2-6-17-34/h1-11,13-24,26-32H,12,25H2. The predicted octanol–water partition coefficient (Wildman–Crippen LogP) is 12.7. The predicted molar refractivity (Wildman–Crippen MR) is 211 cm³/mol. The van der Waals surface area contributed by atoms with Gasteiger partial charge in [-0.3, -0.25) is 0 Å². The highest BCUT2D eigenvalue weighted by atomic mass is 15.0. The van der Waals surface area contributed by atoms with E-state index in [1.165, 1.54) is 88.7 Å². The Labute approximate surface area is 291 Å². The number of hydrogen-bond donors (Lipinski definition) is 0. The van der Waals surface area contributed by atoms with Crippen molar-refractivity contribution >= 4 is 38.8 Å². The minimum Gasteiger partial charge on any atom is -0.312 e. The van der Waals surface area contributed by atoms with Crippen molar-refractivity contribution in [3.63, 3.8) is 0 Å². The Morgan fingerprint density at radius 1 is 0.420 bits per heavy atom. The molecule has 2 nitrogen and oxygen atoms in total. The zero-order valence-electron chi connectivity index (χ0n) is 27.6. The Balaban J connectivity index is 1.21. The largest absolute Gasteiger partial charge is 0.312 e. The molecule has 0 spiro atoms. The van der Waals surface area contributed by atoms with Crippen LogP contribution in [-0.2, 0) is 6.42 Å². The van der Waals surface area contributed by atoms with Gasteiger partial charge in [-0.2, -0.15) is 0 Å². The van der Waals surface area contributed by atoms with Crippen molar-refractivity contribution in [2.45, 2.75) is 12.8 Å². The molecule has 2 aromatic heterocycles. The molecular weight excluding hydrogens is 605 g/mol. The molecule has 1 aliphatic rings. The van der Waals surface area contributed by atoms with Gasteiger partial charge in [0.1, 0.15) is 0 Å². The molecule has 0 N–H and O–H groups in total. The third-order valence-electron chi connectivity index (χ3n) is 10.4. The van der Waals surface area contributed by atoms with Gasteiger partial charge in [0.25, 0.3) is 0 Å². The van der Waals surface area contributed by atoms with Crippen LogP contribution in [-0.4, -0.2) is 9.13 Å². The summed E-state index contributed by atoms with van der Waals surface area (Å²) < 4.78 is 5.01. The number of hydrogen-bond acceptors (Lipinski definition) is 0. The Kier molecular flexibility index (Phi) is 6.67. The smallest absolute Gasteiger partial charge is 0.0548 e. The van der Waals surface area contributed by atoms with Crippen molar-refractivity contribution in [1.82, 2.24) is 9.13 Å². The van der Waals surface area contributed by atoms with E-state index in [9.17, 15) is 0 Å². The first-order valence-electron chi connectivity index (χ1n) is 17.5. The number of aromatic nitrogens is 2. The van der Waals surface area contributed by atoms with Gasteiger partial charge in [-0.1, -0.05) is 146 Å². The van der Waals surface area contributed by atoms with Crippen LogP contribution in [0.1, 0.15) is 17.7 Å². The van der Waals surface area contributed by atoms with Crippen LogP contribution in [0, 0.1) is 0 Å². The summed E-state index contributed by atoms with van der Waals surface area (Å²) in [4.78, 5) is 0. The molecule has 0 bridgehead atoms. The minimum absolute atomic E-state index is 1.00. The van der Waals surface area contributed by atoms with Crippen LogP contribution in [0.2, 0.25) is 0 Å². The molecule has 0 amide bonds. The molecule has 0 saturated carbocycles. The topological polar surface area (TPSA) is 9.86 Å². The van der Waals surface area contributed by atoms with Gasteiger partial charge in [-0.05, 0) is 77.1 Å². The van der Waals surface area contributed by atoms with Crippen molar-refractivity contribution in [3.05, 3.63) is 187 Å². The van der Waals surface area contributed by atoms with Crippen LogP contribution in [0.25, 0.3) is 83.5 Å². The number of fused-ring (bicyclic) bond motifs is 7. The van der Waals surface area contributed by atoms with E-state index in [1.54, 1.807) is 0 Å². The van der Waals surface area contributed by atoms with E-state index in [4.69, 9.17) is 0 Å². The summed E-state index contributed by atoms with van der Waals surface area (Å²) in [5.41, 5.74) is 16.2. The highest BCUT2D eigenvalue weighted by molar-refractivity contribution is 6.23. The molecule has 0 aliphatic heterocycles. The summed E-state index contributed by atoms with van der Waals surface area (Å²) in [7, 11) is 0. The fourth-order valence-electron chi connectivity index (χ4n) is 8.16. The van der Waals surface area contributed by atoms with Gasteiger partial charge >= 0.3 is 0 Å². The maximum absolute atomic E-state index is 2.55. The minimum atomic E-state index is 1.00. The molecule has 0 atom stereocenters. The molecular formula is C48H34N2. The summed E-state index contributed by atoms with van der Waals surface area (Å²) in [6.45, 7) is 0. The summed E-state index contributed by atoms with van der Waals surface area (Å²) in [5.74, 6) is 0. The monoisotopic (exact) mass is 638 g/mol. The van der Waals surface area contributed by atoms with Crippen molar-refractivity contribution in [1.29, 1.82) is 0 Å². The average Bonchev–Trinajstić information content (AvgIpc) is 3.71. The van der Waals surface area contributed by atoms with Crippen LogP contribution in [0.5, 0.6) is 0 Å². The second kappa shape index (κ2) is 11.6. The van der Waals surface area contributed by atoms with Crippen LogP contribution in [0.3, 0.4) is 0 Å². The van der Waals surface area contributed by atoms with Gasteiger partial charge < -0.3 is 9.13 Å². The van der Waals surface area contributed by atoms with Gasteiger partial charge in [0.15, 0.2) is 0 Å². The summed E-state index contributed by atoms with van der Waals surface area (Å²) in [5, 5.41) is 3.92. The zero-order valence-corrected chi connectivity index (χ0v) is 27.6. The third-order valence-corrected chi connectivity index (χ3v) is 10.4. The second-order valence-electron chi connectivity index (χ2n) is 13.2. The Morgan fingerprint density at radius 2 is 1.04 bits per heavy atom. The number of para-hydroxylation sites is 2. The summed E-state index contributed by atoms with van der Waals surface area (Å²) in [6, 6.07) is 61.8. The van der Waals surface area contributed by atoms with Gasteiger partial charge in [-0.25, -0.2) is 0 Å². The summed E-state index contributed by atoms with van der Waals surface area (Å²) in [6.07, 6.45) is 6.76. The van der Waals surface area contributed by atoms with Gasteiger partial charge in [0.2, 0.25) is 0 Å². The molecule has 10 rings (SSSR count). The van der Waals surface area contributed by atoms with Crippen LogP contribution >= 0.6 is 0 Å². The van der Waals surface area contributed by atoms with Crippen molar-refractivity contribution in [2.75, 3.05) is 0 Å². The summed E-state index contributed by atoms with van der Waals surface area (Å²) >= 11 is 0. The maximum atomic E-state index is 2.55. The lowest BCUT2D eigenvalue weighted by molar-refractivity contribution is 0.889. The first kappa shape index (κ1) is 28.6. The molecule has 50 heavy (non-hydrogen) atoms. The van der Waals surface area contributed by atoms with E-state index >= 15 is 0 Å². The molecule has 1 aliphatic carbocycles. The van der Waals surface area contributed by atoms with E-state index in [-0.39, 0.29) is 0 Å². The van der Waals surface area contributed by atoms with Gasteiger partial charge in [-0.15, -0.1) is 0 Å². The lowest BCUT2D eigenvalue weighted by Gasteiger charge is -2.17. The fraction of sp³-hybridized carbons (Fsp3) is 0.0417. The number of rotatable bonds is 5. The van der Waals surface area contributed by atoms with Crippen molar-refractivity contribution in [2.24, 2.45) is 0 Å². The SMILES string of the molecule is C1=Cc2c(n(-c3ccccc3-c3ccc(-c4ccccc4)cc3)c3ccc4c(c5ccccc5n4-c4cccc(-c5ccccc5)c4)c23)CC1. The van der Waals surface area contributed by atoms with E-state index in [2.05, 4.69) is 191 Å². The van der Waals surface area contributed by atoms with Crippen LogP contribution in [0.4, 0.5) is 0 Å². The Morgan fingerprint density at radius 3 is 1.84 bits per heavy atom. The molecule has 0 saturated heterocycles. The first-order valence-corrected chi connectivity index (χ1v) is 17.5.